The van der Waals surface area contributed by atoms with E-state index in [9.17, 15) is 5.11 Å². The second-order valence-electron chi connectivity index (χ2n) is 11.2. The van der Waals surface area contributed by atoms with Gasteiger partial charge in [0.2, 0.25) is 0 Å². The summed E-state index contributed by atoms with van der Waals surface area (Å²) in [5.41, 5.74) is 6.99. The van der Waals surface area contributed by atoms with Crippen LogP contribution < -0.4 is 0 Å². The third kappa shape index (κ3) is 3.58. The first-order valence-electron chi connectivity index (χ1n) is 14.7. The highest BCUT2D eigenvalue weighted by atomic mass is 16.3. The molecule has 4 heteroatoms. The molecule has 0 radical (unpaired) electrons. The van der Waals surface area contributed by atoms with Crippen LogP contribution in [0.1, 0.15) is 0 Å². The van der Waals surface area contributed by atoms with E-state index in [0.717, 1.165) is 66.2 Å². The van der Waals surface area contributed by atoms with Crippen LogP contribution in [0.5, 0.6) is 5.75 Å². The number of phenolic OH excluding ortho intramolecular Hbond substituents is 1. The maximum Gasteiger partial charge on any atom is 0.146 e. The highest BCUT2D eigenvalue weighted by Crippen LogP contribution is 2.44. The summed E-state index contributed by atoms with van der Waals surface area (Å²) in [5.74, 6) is 1.10. The van der Waals surface area contributed by atoms with Crippen molar-refractivity contribution in [3.05, 3.63) is 146 Å². The first-order valence-corrected chi connectivity index (χ1v) is 14.7. The number of fused-ring (bicyclic) bond motifs is 6. The molecule has 4 nitrogen and oxygen atoms in total. The minimum atomic E-state index is 0.185. The molecule has 0 aliphatic rings. The molecular weight excluding hydrogens is 538 g/mol. The van der Waals surface area contributed by atoms with Crippen LogP contribution in [0.3, 0.4) is 0 Å². The normalized spacial score (nSPS) is 11.7. The molecule has 206 valence electrons. The van der Waals surface area contributed by atoms with Gasteiger partial charge in [-0.3, -0.25) is 9.55 Å². The van der Waals surface area contributed by atoms with Gasteiger partial charge in [-0.15, -0.1) is 0 Å². The van der Waals surface area contributed by atoms with Gasteiger partial charge in [0, 0.05) is 22.8 Å². The molecule has 0 aliphatic carbocycles. The number of hydrogen-bond acceptors (Lipinski definition) is 3. The van der Waals surface area contributed by atoms with Crippen molar-refractivity contribution < 1.29 is 5.11 Å². The lowest BCUT2D eigenvalue weighted by Gasteiger charge is -2.17. The molecule has 0 amide bonds. The number of rotatable bonds is 3. The van der Waals surface area contributed by atoms with Crippen LogP contribution in [0.25, 0.3) is 82.5 Å². The Morgan fingerprint density at radius 1 is 0.523 bits per heavy atom. The first-order chi connectivity index (χ1) is 21.8. The molecule has 0 saturated heterocycles. The van der Waals surface area contributed by atoms with Crippen molar-refractivity contribution in [2.75, 3.05) is 0 Å². The van der Waals surface area contributed by atoms with Crippen molar-refractivity contribution in [3.63, 3.8) is 0 Å². The molecule has 0 spiro atoms. The van der Waals surface area contributed by atoms with Gasteiger partial charge < -0.3 is 5.11 Å². The van der Waals surface area contributed by atoms with Gasteiger partial charge in [0.1, 0.15) is 17.1 Å². The molecule has 1 N–H and O–H groups in total. The molecular formula is C40H25N3O. The average molecular weight is 564 g/mol. The van der Waals surface area contributed by atoms with Gasteiger partial charge in [0.05, 0.1) is 11.0 Å². The lowest BCUT2D eigenvalue weighted by Crippen LogP contribution is -1.98. The first kappa shape index (κ1) is 24.6. The molecule has 0 unspecified atom stereocenters. The number of para-hydroxylation sites is 3. The van der Waals surface area contributed by atoms with Crippen LogP contribution in [-0.4, -0.2) is 19.6 Å². The van der Waals surface area contributed by atoms with E-state index in [-0.39, 0.29) is 5.75 Å². The maximum atomic E-state index is 10.6. The number of pyridine rings is 1. The quantitative estimate of drug-likeness (QED) is 0.172. The van der Waals surface area contributed by atoms with E-state index in [4.69, 9.17) is 4.98 Å². The Bertz CT molecular complexity index is 2570. The van der Waals surface area contributed by atoms with Crippen molar-refractivity contribution >= 4 is 54.3 Å². The number of aromatic hydroxyl groups is 1. The van der Waals surface area contributed by atoms with Crippen LogP contribution in [0.4, 0.5) is 0 Å². The van der Waals surface area contributed by atoms with Gasteiger partial charge in [0.15, 0.2) is 0 Å². The third-order valence-corrected chi connectivity index (χ3v) is 8.74. The molecule has 0 fully saturated rings. The minimum absolute atomic E-state index is 0.185. The van der Waals surface area contributed by atoms with Crippen molar-refractivity contribution in [1.29, 1.82) is 0 Å². The summed E-state index contributed by atoms with van der Waals surface area (Å²) in [5, 5.41) is 18.5. The standard InChI is InChI=1S/C40H25N3O/c44-37-22-21-30(32-16-9-23-41-39(32)37)38-27-13-5-4-10-25(27)24-34-28-14-8-15-33(29(28)19-20-31(34)38)40-42-35-17-6-7-18-36(35)43(40)26-11-2-1-3-12-26/h1-24,44H. The van der Waals surface area contributed by atoms with Gasteiger partial charge in [-0.25, -0.2) is 4.98 Å². The second kappa shape index (κ2) is 9.51. The van der Waals surface area contributed by atoms with Crippen molar-refractivity contribution in [2.24, 2.45) is 0 Å². The fourth-order valence-corrected chi connectivity index (χ4v) is 6.81. The van der Waals surface area contributed by atoms with Crippen LogP contribution in [0.2, 0.25) is 0 Å². The average Bonchev–Trinajstić information content (AvgIpc) is 3.47. The number of aromatic nitrogens is 3. The van der Waals surface area contributed by atoms with Gasteiger partial charge in [0.25, 0.3) is 0 Å². The monoisotopic (exact) mass is 563 g/mol. The van der Waals surface area contributed by atoms with Crippen LogP contribution >= 0.6 is 0 Å². The molecule has 0 bridgehead atoms. The van der Waals surface area contributed by atoms with E-state index in [1.165, 1.54) is 10.8 Å². The molecule has 7 aromatic carbocycles. The predicted octanol–water partition coefficient (Wildman–Crippen LogP) is 10.1. The molecule has 9 rings (SSSR count). The highest BCUT2D eigenvalue weighted by Gasteiger charge is 2.19. The zero-order chi connectivity index (χ0) is 29.2. The minimum Gasteiger partial charge on any atom is -0.506 e. The van der Waals surface area contributed by atoms with E-state index in [2.05, 4.69) is 113 Å². The lowest BCUT2D eigenvalue weighted by molar-refractivity contribution is 0.480. The number of imidazole rings is 1. The lowest BCUT2D eigenvalue weighted by atomic mass is 9.87. The van der Waals surface area contributed by atoms with Gasteiger partial charge in [-0.1, -0.05) is 91.0 Å². The zero-order valence-corrected chi connectivity index (χ0v) is 23.6. The number of benzene rings is 7. The summed E-state index contributed by atoms with van der Waals surface area (Å²) >= 11 is 0. The Labute approximate surface area is 253 Å². The number of phenols is 1. The summed E-state index contributed by atoms with van der Waals surface area (Å²) in [6, 6.07) is 48.4. The molecule has 2 aromatic heterocycles. The maximum absolute atomic E-state index is 10.6. The van der Waals surface area contributed by atoms with E-state index in [1.807, 2.05) is 30.3 Å². The van der Waals surface area contributed by atoms with E-state index in [1.54, 1.807) is 12.3 Å². The number of nitrogens with zero attached hydrogens (tertiary/aromatic N) is 3. The molecule has 0 atom stereocenters. The summed E-state index contributed by atoms with van der Waals surface area (Å²) in [4.78, 5) is 9.69. The van der Waals surface area contributed by atoms with Crippen molar-refractivity contribution in [2.45, 2.75) is 0 Å². The predicted molar refractivity (Wildman–Crippen MR) is 181 cm³/mol. The molecule has 9 aromatic rings. The third-order valence-electron chi connectivity index (χ3n) is 8.74. The Morgan fingerprint density at radius 3 is 2.23 bits per heavy atom. The van der Waals surface area contributed by atoms with Gasteiger partial charge in [-0.05, 0) is 92.0 Å². The van der Waals surface area contributed by atoms with E-state index >= 15 is 0 Å². The van der Waals surface area contributed by atoms with Crippen molar-refractivity contribution in [3.8, 4) is 34.0 Å². The van der Waals surface area contributed by atoms with E-state index < -0.39 is 0 Å². The van der Waals surface area contributed by atoms with E-state index in [0.29, 0.717) is 5.52 Å². The Hall–Kier alpha value is -6.00. The summed E-state index contributed by atoms with van der Waals surface area (Å²) in [6.07, 6.45) is 1.73. The SMILES string of the molecule is Oc1ccc(-c2c3ccccc3cc3c2ccc2c(-c4nc5ccccc5n4-c4ccccc4)cccc23)c2cccnc12. The largest absolute Gasteiger partial charge is 0.506 e. The summed E-state index contributed by atoms with van der Waals surface area (Å²) < 4.78 is 2.26. The van der Waals surface area contributed by atoms with Gasteiger partial charge >= 0.3 is 0 Å². The van der Waals surface area contributed by atoms with Crippen molar-refractivity contribution in [1.82, 2.24) is 14.5 Å². The van der Waals surface area contributed by atoms with Crippen LogP contribution in [-0.2, 0) is 0 Å². The highest BCUT2D eigenvalue weighted by molar-refractivity contribution is 6.23. The zero-order valence-electron chi connectivity index (χ0n) is 23.6. The molecule has 0 aliphatic heterocycles. The second-order valence-corrected chi connectivity index (χ2v) is 11.2. The van der Waals surface area contributed by atoms with Crippen LogP contribution in [0.15, 0.2) is 146 Å². The Kier molecular flexibility index (Phi) is 5.32. The summed E-state index contributed by atoms with van der Waals surface area (Å²) in [7, 11) is 0. The fourth-order valence-electron chi connectivity index (χ4n) is 6.81. The summed E-state index contributed by atoms with van der Waals surface area (Å²) in [6.45, 7) is 0. The van der Waals surface area contributed by atoms with Gasteiger partial charge in [-0.2, -0.15) is 0 Å². The Morgan fingerprint density at radius 2 is 1.30 bits per heavy atom. The smallest absolute Gasteiger partial charge is 0.146 e. The Balaban J connectivity index is 1.39. The molecule has 0 saturated carbocycles. The van der Waals surface area contributed by atoms with Crippen LogP contribution in [0, 0.1) is 0 Å². The molecule has 2 heterocycles. The fraction of sp³-hybridized carbons (Fsp3) is 0. The topological polar surface area (TPSA) is 50.9 Å². The number of hydrogen-bond donors (Lipinski definition) is 1. The molecule has 44 heavy (non-hydrogen) atoms.